The van der Waals surface area contributed by atoms with E-state index in [1.165, 1.54) is 0 Å². The first-order valence-electron chi connectivity index (χ1n) is 4.48. The van der Waals surface area contributed by atoms with Gasteiger partial charge in [-0.25, -0.2) is 0 Å². The molecule has 0 amide bonds. The minimum atomic E-state index is 0.180. The lowest BCUT2D eigenvalue weighted by Crippen LogP contribution is -1.97. The molecule has 1 N–H and O–H groups in total. The van der Waals surface area contributed by atoms with Crippen LogP contribution in [0, 0.1) is 0 Å². The van der Waals surface area contributed by atoms with Gasteiger partial charge in [0.25, 0.3) is 0 Å². The summed E-state index contributed by atoms with van der Waals surface area (Å²) >= 11 is 3.27. The summed E-state index contributed by atoms with van der Waals surface area (Å²) in [5, 5.41) is 1.73. The fraction of sp³-hybridized carbons (Fsp3) is 0.182. The van der Waals surface area contributed by atoms with Gasteiger partial charge in [0, 0.05) is 34.4 Å². The Balaban J connectivity index is 2.47. The molecule has 2 rings (SSSR count). The van der Waals surface area contributed by atoms with E-state index in [0.29, 0.717) is 11.8 Å². The van der Waals surface area contributed by atoms with Gasteiger partial charge in [0.15, 0.2) is 5.78 Å². The van der Waals surface area contributed by atoms with Crippen LogP contribution in [0.1, 0.15) is 16.8 Å². The summed E-state index contributed by atoms with van der Waals surface area (Å²) in [5.41, 5.74) is 1.81. The molecular formula is C11H10BrNO. The van der Waals surface area contributed by atoms with Crippen molar-refractivity contribution in [3.05, 3.63) is 36.0 Å². The van der Waals surface area contributed by atoms with Crippen molar-refractivity contribution in [2.45, 2.75) is 6.42 Å². The monoisotopic (exact) mass is 251 g/mol. The first kappa shape index (κ1) is 9.46. The zero-order valence-electron chi connectivity index (χ0n) is 7.59. The molecular weight excluding hydrogens is 242 g/mol. The third kappa shape index (κ3) is 1.60. The van der Waals surface area contributed by atoms with Crippen LogP contribution in [-0.2, 0) is 0 Å². The van der Waals surface area contributed by atoms with Crippen LogP contribution >= 0.6 is 15.9 Å². The number of para-hydroxylation sites is 1. The molecule has 1 aromatic carbocycles. The Morgan fingerprint density at radius 2 is 2.14 bits per heavy atom. The quantitative estimate of drug-likeness (QED) is 0.660. The van der Waals surface area contributed by atoms with E-state index in [1.54, 1.807) is 6.20 Å². The molecule has 0 aliphatic rings. The number of Topliss-reactive ketones (excluding diaryl/α,β-unsaturated/α-hetero) is 1. The van der Waals surface area contributed by atoms with Crippen LogP contribution in [0.5, 0.6) is 0 Å². The predicted octanol–water partition coefficient (Wildman–Crippen LogP) is 3.14. The molecule has 0 fully saturated rings. The summed E-state index contributed by atoms with van der Waals surface area (Å²) in [6.45, 7) is 0. The Labute approximate surface area is 90.4 Å². The van der Waals surface area contributed by atoms with Crippen LogP contribution < -0.4 is 0 Å². The second-order valence-electron chi connectivity index (χ2n) is 3.11. The topological polar surface area (TPSA) is 32.9 Å². The number of aromatic amines is 1. The highest BCUT2D eigenvalue weighted by Gasteiger charge is 2.09. The van der Waals surface area contributed by atoms with Crippen LogP contribution in [0.25, 0.3) is 10.9 Å². The lowest BCUT2D eigenvalue weighted by atomic mass is 10.1. The molecule has 0 saturated carbocycles. The molecule has 1 aromatic heterocycles. The molecule has 2 nitrogen and oxygen atoms in total. The molecule has 3 heteroatoms. The number of nitrogens with one attached hydrogen (secondary N) is 1. The SMILES string of the molecule is O=C(CCBr)c1c[nH]c2ccccc12. The first-order valence-corrected chi connectivity index (χ1v) is 5.60. The first-order chi connectivity index (χ1) is 6.83. The third-order valence-corrected chi connectivity index (χ3v) is 2.61. The van der Waals surface area contributed by atoms with Crippen molar-refractivity contribution in [3.8, 4) is 0 Å². The van der Waals surface area contributed by atoms with Crippen molar-refractivity contribution in [1.29, 1.82) is 0 Å². The van der Waals surface area contributed by atoms with E-state index < -0.39 is 0 Å². The number of hydrogen-bond acceptors (Lipinski definition) is 1. The van der Waals surface area contributed by atoms with Crippen LogP contribution in [0.15, 0.2) is 30.5 Å². The summed E-state index contributed by atoms with van der Waals surface area (Å²) < 4.78 is 0. The van der Waals surface area contributed by atoms with Gasteiger partial charge in [-0.1, -0.05) is 34.1 Å². The molecule has 0 spiro atoms. The average Bonchev–Trinajstić information content (AvgIpc) is 2.61. The molecule has 0 unspecified atom stereocenters. The van der Waals surface area contributed by atoms with Crippen LogP contribution in [-0.4, -0.2) is 16.1 Å². The van der Waals surface area contributed by atoms with Gasteiger partial charge in [-0.05, 0) is 6.07 Å². The number of ketones is 1. The Hall–Kier alpha value is -1.09. The molecule has 72 valence electrons. The van der Waals surface area contributed by atoms with Gasteiger partial charge in [0.2, 0.25) is 0 Å². The number of hydrogen-bond donors (Lipinski definition) is 1. The van der Waals surface area contributed by atoms with Gasteiger partial charge in [0.05, 0.1) is 0 Å². The van der Waals surface area contributed by atoms with E-state index in [-0.39, 0.29) is 5.78 Å². The number of carbonyl (C=O) groups is 1. The van der Waals surface area contributed by atoms with Crippen molar-refractivity contribution < 1.29 is 4.79 Å². The zero-order chi connectivity index (χ0) is 9.97. The molecule has 0 aliphatic carbocycles. The molecule has 0 aliphatic heterocycles. The average molecular weight is 252 g/mol. The molecule has 0 bridgehead atoms. The Morgan fingerprint density at radius 1 is 1.36 bits per heavy atom. The molecule has 14 heavy (non-hydrogen) atoms. The summed E-state index contributed by atoms with van der Waals surface area (Å²) in [7, 11) is 0. The Bertz CT molecular complexity index is 461. The summed E-state index contributed by atoms with van der Waals surface area (Å²) in [6, 6.07) is 7.84. The van der Waals surface area contributed by atoms with E-state index in [2.05, 4.69) is 20.9 Å². The Morgan fingerprint density at radius 3 is 2.93 bits per heavy atom. The number of H-pyrrole nitrogens is 1. The highest BCUT2D eigenvalue weighted by molar-refractivity contribution is 9.09. The van der Waals surface area contributed by atoms with Gasteiger partial charge < -0.3 is 4.98 Å². The number of alkyl halides is 1. The number of benzene rings is 1. The van der Waals surface area contributed by atoms with Crippen LogP contribution in [0.2, 0.25) is 0 Å². The van der Waals surface area contributed by atoms with Gasteiger partial charge in [-0.2, -0.15) is 0 Å². The third-order valence-electron chi connectivity index (χ3n) is 2.21. The maximum atomic E-state index is 11.7. The maximum absolute atomic E-state index is 11.7. The Kier molecular flexibility index (Phi) is 2.68. The van der Waals surface area contributed by atoms with Crippen molar-refractivity contribution in [1.82, 2.24) is 4.98 Å². The van der Waals surface area contributed by atoms with Gasteiger partial charge in [-0.15, -0.1) is 0 Å². The van der Waals surface area contributed by atoms with Crippen molar-refractivity contribution in [2.75, 3.05) is 5.33 Å². The standard InChI is InChI=1S/C11H10BrNO/c12-6-5-11(14)9-7-13-10-4-2-1-3-8(9)10/h1-4,7,13H,5-6H2. The van der Waals surface area contributed by atoms with E-state index in [9.17, 15) is 4.79 Å². The highest BCUT2D eigenvalue weighted by Crippen LogP contribution is 2.19. The van der Waals surface area contributed by atoms with E-state index in [1.807, 2.05) is 24.3 Å². The molecule has 0 atom stereocenters. The smallest absolute Gasteiger partial charge is 0.165 e. The molecule has 0 radical (unpaired) electrons. The molecule has 2 aromatic rings. The van der Waals surface area contributed by atoms with Crippen LogP contribution in [0.3, 0.4) is 0 Å². The molecule has 0 saturated heterocycles. The normalized spacial score (nSPS) is 10.6. The van der Waals surface area contributed by atoms with Crippen molar-refractivity contribution in [2.24, 2.45) is 0 Å². The van der Waals surface area contributed by atoms with Crippen molar-refractivity contribution >= 4 is 32.6 Å². The number of halogens is 1. The second-order valence-corrected chi connectivity index (χ2v) is 3.90. The van der Waals surface area contributed by atoms with E-state index >= 15 is 0 Å². The largest absolute Gasteiger partial charge is 0.360 e. The fourth-order valence-corrected chi connectivity index (χ4v) is 1.88. The number of fused-ring (bicyclic) bond motifs is 1. The van der Waals surface area contributed by atoms with Crippen molar-refractivity contribution in [3.63, 3.8) is 0 Å². The van der Waals surface area contributed by atoms with Gasteiger partial charge in [-0.3, -0.25) is 4.79 Å². The van der Waals surface area contributed by atoms with Crippen LogP contribution in [0.4, 0.5) is 0 Å². The minimum Gasteiger partial charge on any atom is -0.360 e. The maximum Gasteiger partial charge on any atom is 0.165 e. The van der Waals surface area contributed by atoms with E-state index in [0.717, 1.165) is 16.5 Å². The predicted molar refractivity (Wildman–Crippen MR) is 61.0 cm³/mol. The van der Waals surface area contributed by atoms with Gasteiger partial charge in [0.1, 0.15) is 0 Å². The summed E-state index contributed by atoms with van der Waals surface area (Å²) in [4.78, 5) is 14.8. The highest BCUT2D eigenvalue weighted by atomic mass is 79.9. The fourth-order valence-electron chi connectivity index (χ4n) is 1.52. The lowest BCUT2D eigenvalue weighted by Gasteiger charge is -1.95. The zero-order valence-corrected chi connectivity index (χ0v) is 9.17. The van der Waals surface area contributed by atoms with E-state index in [4.69, 9.17) is 0 Å². The number of aromatic nitrogens is 1. The second kappa shape index (κ2) is 3.96. The summed E-state index contributed by atoms with van der Waals surface area (Å²) in [5.74, 6) is 0.180. The summed E-state index contributed by atoms with van der Waals surface area (Å²) in [6.07, 6.45) is 2.33. The lowest BCUT2D eigenvalue weighted by molar-refractivity contribution is 0.0991. The van der Waals surface area contributed by atoms with Gasteiger partial charge >= 0.3 is 0 Å². The number of carbonyl (C=O) groups excluding carboxylic acids is 1. The number of rotatable bonds is 3. The minimum absolute atomic E-state index is 0.180. The molecule has 1 heterocycles.